The van der Waals surface area contributed by atoms with E-state index in [1.54, 1.807) is 0 Å². The van der Waals surface area contributed by atoms with E-state index in [0.717, 1.165) is 10.9 Å². The minimum atomic E-state index is -0.434. The van der Waals surface area contributed by atoms with E-state index in [1.165, 1.54) is 25.7 Å². The molecule has 3 unspecified atom stereocenters. The van der Waals surface area contributed by atoms with Crippen LogP contribution in [0.15, 0.2) is 11.1 Å². The monoisotopic (exact) mass is 319 g/mol. The average molecular weight is 320 g/mol. The minimum Gasteiger partial charge on any atom is -0.389 e. The fraction of sp³-hybridized carbons (Fsp3) is 0.857. The fourth-order valence-electron chi connectivity index (χ4n) is 2.53. The first kappa shape index (κ1) is 16.2. The molecule has 1 fully saturated rings. The van der Waals surface area contributed by atoms with Crippen molar-refractivity contribution in [1.82, 2.24) is 5.32 Å². The molecule has 0 aromatic heterocycles. The molecule has 0 aromatic rings. The normalized spacial score (nSPS) is 25.9. The Kier molecular flexibility index (Phi) is 8.15. The molecule has 1 rings (SSSR count). The second kappa shape index (κ2) is 9.08. The third kappa shape index (κ3) is 6.32. The van der Waals surface area contributed by atoms with Gasteiger partial charge in [-0.05, 0) is 18.8 Å². The molecule has 1 aliphatic rings. The van der Waals surface area contributed by atoms with E-state index in [4.69, 9.17) is 4.74 Å². The molecule has 3 nitrogen and oxygen atoms in total. The van der Waals surface area contributed by atoms with E-state index < -0.39 is 6.10 Å². The lowest BCUT2D eigenvalue weighted by Crippen LogP contribution is -2.35. The summed E-state index contributed by atoms with van der Waals surface area (Å²) in [6.07, 6.45) is 6.12. The molecular weight excluding hydrogens is 294 g/mol. The van der Waals surface area contributed by atoms with Crippen LogP contribution in [0.5, 0.6) is 0 Å². The van der Waals surface area contributed by atoms with Crippen LogP contribution < -0.4 is 5.32 Å². The molecule has 0 amide bonds. The van der Waals surface area contributed by atoms with E-state index in [0.29, 0.717) is 31.7 Å². The number of aliphatic hydroxyl groups is 1. The fourth-order valence-corrected chi connectivity index (χ4v) is 2.73. The lowest BCUT2D eigenvalue weighted by Gasteiger charge is -2.31. The summed E-state index contributed by atoms with van der Waals surface area (Å²) in [4.78, 5) is 0. The first-order chi connectivity index (χ1) is 8.63. The molecule has 2 N–H and O–H groups in total. The van der Waals surface area contributed by atoms with Gasteiger partial charge in [-0.3, -0.25) is 0 Å². The summed E-state index contributed by atoms with van der Waals surface area (Å²) in [6.45, 7) is 7.62. The topological polar surface area (TPSA) is 41.5 Å². The quantitative estimate of drug-likeness (QED) is 0.723. The van der Waals surface area contributed by atoms with Crippen molar-refractivity contribution in [1.29, 1.82) is 0 Å². The molecule has 106 valence electrons. The van der Waals surface area contributed by atoms with E-state index in [1.807, 2.05) is 0 Å². The summed E-state index contributed by atoms with van der Waals surface area (Å²) in [5.74, 6) is 0.682. The largest absolute Gasteiger partial charge is 0.389 e. The standard InChI is InChI=1S/C14H26BrNO2/c1-3-12-6-4-5-7-14(12)18-10-13(17)9-16-8-11(2)15/h12-14,16-17H,2-10H2,1H3. The Morgan fingerprint density at radius 1 is 1.50 bits per heavy atom. The smallest absolute Gasteiger partial charge is 0.0897 e. The average Bonchev–Trinajstić information content (AvgIpc) is 2.36. The molecule has 18 heavy (non-hydrogen) atoms. The zero-order valence-electron chi connectivity index (χ0n) is 11.3. The van der Waals surface area contributed by atoms with Gasteiger partial charge in [0.2, 0.25) is 0 Å². The molecule has 0 radical (unpaired) electrons. The van der Waals surface area contributed by atoms with Gasteiger partial charge >= 0.3 is 0 Å². The van der Waals surface area contributed by atoms with Gasteiger partial charge in [-0.15, -0.1) is 0 Å². The number of hydrogen-bond donors (Lipinski definition) is 2. The highest BCUT2D eigenvalue weighted by molar-refractivity contribution is 9.11. The maximum Gasteiger partial charge on any atom is 0.0897 e. The van der Waals surface area contributed by atoms with Gasteiger partial charge in [0, 0.05) is 17.6 Å². The molecule has 0 bridgehead atoms. The van der Waals surface area contributed by atoms with Gasteiger partial charge in [-0.25, -0.2) is 0 Å². The van der Waals surface area contributed by atoms with Crippen molar-refractivity contribution in [3.05, 3.63) is 11.1 Å². The second-order valence-corrected chi connectivity index (χ2v) is 6.25. The van der Waals surface area contributed by atoms with Gasteiger partial charge in [-0.2, -0.15) is 0 Å². The van der Waals surface area contributed by atoms with Crippen LogP contribution in [-0.4, -0.2) is 37.0 Å². The maximum atomic E-state index is 9.82. The van der Waals surface area contributed by atoms with Crippen molar-refractivity contribution in [3.63, 3.8) is 0 Å². The van der Waals surface area contributed by atoms with Crippen molar-refractivity contribution in [2.24, 2.45) is 5.92 Å². The molecule has 0 aliphatic heterocycles. The van der Waals surface area contributed by atoms with Crippen molar-refractivity contribution < 1.29 is 9.84 Å². The molecule has 1 aliphatic carbocycles. The zero-order chi connectivity index (χ0) is 13.4. The van der Waals surface area contributed by atoms with Crippen LogP contribution in [-0.2, 0) is 4.74 Å². The third-order valence-electron chi connectivity index (χ3n) is 3.56. The Balaban J connectivity index is 2.16. The van der Waals surface area contributed by atoms with Crippen molar-refractivity contribution >= 4 is 15.9 Å². The predicted molar refractivity (Wildman–Crippen MR) is 78.9 cm³/mol. The first-order valence-corrected chi connectivity index (χ1v) is 7.76. The summed E-state index contributed by atoms with van der Waals surface area (Å²) in [5, 5.41) is 12.9. The highest BCUT2D eigenvalue weighted by Gasteiger charge is 2.24. The molecule has 0 spiro atoms. The Hall–Kier alpha value is 0.1000. The van der Waals surface area contributed by atoms with Crippen LogP contribution in [0.3, 0.4) is 0 Å². The Morgan fingerprint density at radius 3 is 2.89 bits per heavy atom. The first-order valence-electron chi connectivity index (χ1n) is 6.97. The van der Waals surface area contributed by atoms with E-state index in [2.05, 4.69) is 34.7 Å². The Bertz CT molecular complexity index is 248. The maximum absolute atomic E-state index is 9.82. The van der Waals surface area contributed by atoms with Gasteiger partial charge in [0.25, 0.3) is 0 Å². The lowest BCUT2D eigenvalue weighted by molar-refractivity contribution is -0.0497. The highest BCUT2D eigenvalue weighted by atomic mass is 79.9. The molecule has 1 saturated carbocycles. The van der Waals surface area contributed by atoms with Crippen molar-refractivity contribution in [3.8, 4) is 0 Å². The molecule has 0 heterocycles. The van der Waals surface area contributed by atoms with Gasteiger partial charge < -0.3 is 15.2 Å². The lowest BCUT2D eigenvalue weighted by atomic mass is 9.85. The summed E-state index contributed by atoms with van der Waals surface area (Å²) in [5.41, 5.74) is 0. The highest BCUT2D eigenvalue weighted by Crippen LogP contribution is 2.29. The molecule has 0 aromatic carbocycles. The number of aliphatic hydroxyl groups excluding tert-OH is 1. The van der Waals surface area contributed by atoms with Crippen LogP contribution >= 0.6 is 15.9 Å². The Labute approximate surface area is 119 Å². The Morgan fingerprint density at radius 2 is 2.22 bits per heavy atom. The van der Waals surface area contributed by atoms with Crippen molar-refractivity contribution in [2.75, 3.05) is 19.7 Å². The summed E-state index contributed by atoms with van der Waals surface area (Å²) in [6, 6.07) is 0. The SMILES string of the molecule is C=C(Br)CNCC(O)COC1CCCCC1CC. The van der Waals surface area contributed by atoms with Crippen LogP contribution in [0.1, 0.15) is 39.0 Å². The number of ether oxygens (including phenoxy) is 1. The molecular formula is C14H26BrNO2. The number of halogens is 1. The summed E-state index contributed by atoms with van der Waals surface area (Å²) in [7, 11) is 0. The zero-order valence-corrected chi connectivity index (χ0v) is 12.9. The van der Waals surface area contributed by atoms with Gasteiger partial charge in [0.1, 0.15) is 0 Å². The van der Waals surface area contributed by atoms with Crippen LogP contribution in [0, 0.1) is 5.92 Å². The van der Waals surface area contributed by atoms with Gasteiger partial charge in [0.05, 0.1) is 18.8 Å². The summed E-state index contributed by atoms with van der Waals surface area (Å²) < 4.78 is 6.78. The van der Waals surface area contributed by atoms with Crippen LogP contribution in [0.4, 0.5) is 0 Å². The third-order valence-corrected chi connectivity index (χ3v) is 3.84. The van der Waals surface area contributed by atoms with E-state index >= 15 is 0 Å². The van der Waals surface area contributed by atoms with Crippen LogP contribution in [0.2, 0.25) is 0 Å². The van der Waals surface area contributed by atoms with E-state index in [-0.39, 0.29) is 0 Å². The second-order valence-electron chi connectivity index (χ2n) is 5.13. The number of nitrogens with one attached hydrogen (secondary N) is 1. The van der Waals surface area contributed by atoms with Crippen molar-refractivity contribution in [2.45, 2.75) is 51.2 Å². The van der Waals surface area contributed by atoms with Crippen LogP contribution in [0.25, 0.3) is 0 Å². The minimum absolute atomic E-state index is 0.351. The predicted octanol–water partition coefficient (Wildman–Crippen LogP) is 2.83. The molecule has 3 atom stereocenters. The van der Waals surface area contributed by atoms with Gasteiger partial charge in [-0.1, -0.05) is 48.7 Å². The van der Waals surface area contributed by atoms with E-state index in [9.17, 15) is 5.11 Å². The summed E-state index contributed by atoms with van der Waals surface area (Å²) >= 11 is 3.27. The van der Waals surface area contributed by atoms with Gasteiger partial charge in [0.15, 0.2) is 0 Å². The number of hydrogen-bond acceptors (Lipinski definition) is 3. The molecule has 0 saturated heterocycles. The number of rotatable bonds is 8. The molecule has 4 heteroatoms.